The van der Waals surface area contributed by atoms with E-state index in [-0.39, 0.29) is 31.2 Å². The van der Waals surface area contributed by atoms with Crippen molar-refractivity contribution in [1.82, 2.24) is 29.4 Å². The molecule has 43 heavy (non-hydrogen) atoms. The minimum Gasteiger partial charge on any atom is -0.387 e. The first-order chi connectivity index (χ1) is 20.6. The topological polar surface area (TPSA) is 146 Å². The molecule has 0 amide bonds. The largest absolute Gasteiger partial charge is 0.387 e. The molecule has 4 atom stereocenters. The third kappa shape index (κ3) is 5.10. The van der Waals surface area contributed by atoms with Gasteiger partial charge in [-0.1, -0.05) is 6.07 Å². The highest BCUT2D eigenvalue weighted by Crippen LogP contribution is 2.53. The van der Waals surface area contributed by atoms with Crippen molar-refractivity contribution >= 4 is 32.8 Å². The highest BCUT2D eigenvalue weighted by molar-refractivity contribution is 7.90. The van der Waals surface area contributed by atoms with E-state index in [1.807, 2.05) is 10.3 Å². The molecule has 4 unspecified atom stereocenters. The number of alkyl halides is 2. The molecule has 0 radical (unpaired) electrons. The van der Waals surface area contributed by atoms with Gasteiger partial charge in [0.15, 0.2) is 10.8 Å². The Morgan fingerprint density at radius 1 is 1.12 bits per heavy atom. The predicted molar refractivity (Wildman–Crippen MR) is 154 cm³/mol. The van der Waals surface area contributed by atoms with Crippen LogP contribution in [0.25, 0.3) is 5.57 Å². The monoisotopic (exact) mass is 631 g/mol. The highest BCUT2D eigenvalue weighted by Gasteiger charge is 2.56. The number of rotatable bonds is 8. The average molecular weight is 632 g/mol. The smallest absolute Gasteiger partial charge is 0.333 e. The number of aliphatic hydroxyl groups excluding tert-OH is 1. The van der Waals surface area contributed by atoms with Gasteiger partial charge < -0.3 is 15.1 Å². The summed E-state index contributed by atoms with van der Waals surface area (Å²) in [5, 5.41) is 28.4. The summed E-state index contributed by atoms with van der Waals surface area (Å²) in [6, 6.07) is 6.17. The van der Waals surface area contributed by atoms with Crippen LogP contribution in [0.15, 0.2) is 58.9 Å². The van der Waals surface area contributed by atoms with Crippen molar-refractivity contribution in [2.24, 2.45) is 16.8 Å². The van der Waals surface area contributed by atoms with Gasteiger partial charge in [-0.25, -0.2) is 22.8 Å². The Balaban J connectivity index is 1.13. The van der Waals surface area contributed by atoms with Crippen LogP contribution in [-0.2, 0) is 10.0 Å². The number of hydrogen-bond acceptors (Lipinski definition) is 10. The van der Waals surface area contributed by atoms with Gasteiger partial charge in [0.2, 0.25) is 10.0 Å². The van der Waals surface area contributed by atoms with Crippen molar-refractivity contribution in [3.05, 3.63) is 70.3 Å². The lowest BCUT2D eigenvalue weighted by Crippen LogP contribution is -2.53. The van der Waals surface area contributed by atoms with Gasteiger partial charge in [-0.2, -0.15) is 13.9 Å². The van der Waals surface area contributed by atoms with E-state index in [9.17, 15) is 27.4 Å². The zero-order valence-electron chi connectivity index (χ0n) is 23.0. The molecule has 11 nitrogen and oxygen atoms in total. The third-order valence-electron chi connectivity index (χ3n) is 9.14. The van der Waals surface area contributed by atoms with Gasteiger partial charge in [0.1, 0.15) is 6.10 Å². The number of nitrogens with one attached hydrogen (secondary N) is 1. The fraction of sp³-hybridized carbons (Fsp3) is 0.500. The van der Waals surface area contributed by atoms with Crippen molar-refractivity contribution in [3.63, 3.8) is 0 Å². The van der Waals surface area contributed by atoms with Crippen molar-refractivity contribution in [3.8, 4) is 0 Å². The maximum atomic E-state index is 14.0. The second-order valence-electron chi connectivity index (χ2n) is 11.8. The van der Waals surface area contributed by atoms with Gasteiger partial charge in [0.05, 0.1) is 28.8 Å². The standard InChI is InChI=1S/C28H31F2N7O4S2/c29-27(30)37-9-6-20(34-37)19-14-33-25(26-32-8-10-42-26)36-15-18(11-22(19)36)35-43(40,41)23-16-4-5-17(23)13-28(39,12-16)24(38)21-3-1-2-7-31-21/h1-3,6-10,16-18,23-24,27,35,38-39H,4-5,11-15H2. The van der Waals surface area contributed by atoms with Gasteiger partial charge in [-0.05, 0) is 55.7 Å². The van der Waals surface area contributed by atoms with Crippen LogP contribution in [0.3, 0.4) is 0 Å². The molecule has 3 aromatic rings. The first kappa shape index (κ1) is 28.6. The Kier molecular flexibility index (Phi) is 7.20. The van der Waals surface area contributed by atoms with Crippen LogP contribution >= 0.6 is 11.3 Å². The van der Waals surface area contributed by atoms with E-state index >= 15 is 0 Å². The van der Waals surface area contributed by atoms with E-state index in [0.29, 0.717) is 58.3 Å². The molecule has 228 valence electrons. The summed E-state index contributed by atoms with van der Waals surface area (Å²) in [5.74, 6) is -0.0108. The number of halogens is 2. The molecule has 0 aromatic carbocycles. The first-order valence-electron chi connectivity index (χ1n) is 14.2. The Hall–Kier alpha value is -3.11. The number of thiazole rings is 1. The van der Waals surface area contributed by atoms with E-state index in [4.69, 9.17) is 4.99 Å². The first-order valence-corrected chi connectivity index (χ1v) is 16.7. The highest BCUT2D eigenvalue weighted by atomic mass is 32.2. The van der Waals surface area contributed by atoms with E-state index in [2.05, 4.69) is 19.8 Å². The molecule has 2 aliphatic heterocycles. The number of hydrogen-bond donors (Lipinski definition) is 3. The zero-order chi connectivity index (χ0) is 29.9. The lowest BCUT2D eigenvalue weighted by atomic mass is 9.73. The van der Waals surface area contributed by atoms with Crippen molar-refractivity contribution in [2.75, 3.05) is 13.1 Å². The third-order valence-corrected chi connectivity index (χ3v) is 12.1. The molecular weight excluding hydrogens is 600 g/mol. The van der Waals surface area contributed by atoms with Gasteiger partial charge in [0, 0.05) is 54.2 Å². The molecule has 2 bridgehead atoms. The van der Waals surface area contributed by atoms with Crippen molar-refractivity contribution < 1.29 is 27.4 Å². The van der Waals surface area contributed by atoms with Crippen LogP contribution in [0, 0.1) is 11.8 Å². The number of pyridine rings is 1. The molecule has 3 N–H and O–H groups in total. The molecular formula is C28H31F2N7O4S2. The van der Waals surface area contributed by atoms with Crippen LogP contribution in [0.1, 0.15) is 61.2 Å². The summed E-state index contributed by atoms with van der Waals surface area (Å²) in [4.78, 5) is 15.2. The fourth-order valence-electron chi connectivity index (χ4n) is 7.43. The number of fused-ring (bicyclic) bond motifs is 3. The molecule has 1 saturated heterocycles. The molecule has 4 aliphatic rings. The van der Waals surface area contributed by atoms with Crippen LogP contribution in [0.5, 0.6) is 0 Å². The normalized spacial score (nSPS) is 29.7. The molecule has 5 heterocycles. The Morgan fingerprint density at radius 2 is 1.91 bits per heavy atom. The molecule has 7 rings (SSSR count). The minimum atomic E-state index is -3.83. The number of nitrogens with zero attached hydrogens (tertiary/aromatic N) is 6. The molecule has 0 spiro atoms. The molecule has 15 heteroatoms. The molecule has 2 saturated carbocycles. The number of aliphatic imine (C=N–C) groups is 1. The van der Waals surface area contributed by atoms with Crippen LogP contribution < -0.4 is 4.72 Å². The number of sulfonamides is 1. The maximum absolute atomic E-state index is 14.0. The molecule has 3 aromatic heterocycles. The Labute approximate surface area is 251 Å². The quantitative estimate of drug-likeness (QED) is 0.344. The van der Waals surface area contributed by atoms with E-state index in [0.717, 1.165) is 5.70 Å². The summed E-state index contributed by atoms with van der Waals surface area (Å²) in [6.07, 6.45) is 5.19. The Morgan fingerprint density at radius 3 is 2.56 bits per heavy atom. The summed E-state index contributed by atoms with van der Waals surface area (Å²) in [6.45, 7) is -2.26. The SMILES string of the molecule is O=S(=O)(NC1CC2=C(c3ccn(C(F)F)n3)CN=C(c3nccs3)N2C1)C1C2CCC1CC(O)(C(O)c1ccccn1)C2. The van der Waals surface area contributed by atoms with Gasteiger partial charge in [-0.15, -0.1) is 11.3 Å². The molecule has 3 fully saturated rings. The second kappa shape index (κ2) is 10.8. The molecule has 2 aliphatic carbocycles. The maximum Gasteiger partial charge on any atom is 0.333 e. The lowest BCUT2D eigenvalue weighted by molar-refractivity contribution is -0.114. The number of aliphatic hydroxyl groups is 2. The summed E-state index contributed by atoms with van der Waals surface area (Å²) in [5.41, 5.74) is 0.744. The van der Waals surface area contributed by atoms with E-state index < -0.39 is 39.6 Å². The van der Waals surface area contributed by atoms with Gasteiger partial charge in [-0.3, -0.25) is 9.98 Å². The van der Waals surface area contributed by atoms with Gasteiger partial charge >= 0.3 is 6.55 Å². The zero-order valence-corrected chi connectivity index (χ0v) is 24.6. The summed E-state index contributed by atoms with van der Waals surface area (Å²) < 4.78 is 58.0. The number of amidine groups is 1. The van der Waals surface area contributed by atoms with Crippen molar-refractivity contribution in [1.29, 1.82) is 0 Å². The van der Waals surface area contributed by atoms with Crippen LogP contribution in [0.2, 0.25) is 0 Å². The van der Waals surface area contributed by atoms with Gasteiger partial charge in [0.25, 0.3) is 0 Å². The number of aromatic nitrogens is 4. The lowest BCUT2D eigenvalue weighted by Gasteiger charge is -2.43. The van der Waals surface area contributed by atoms with Crippen LogP contribution in [0.4, 0.5) is 8.78 Å². The average Bonchev–Trinajstić information content (AvgIpc) is 3.79. The summed E-state index contributed by atoms with van der Waals surface area (Å²) >= 11 is 1.42. The van der Waals surface area contributed by atoms with E-state index in [1.165, 1.54) is 23.6 Å². The predicted octanol–water partition coefficient (Wildman–Crippen LogP) is 2.95. The minimum absolute atomic E-state index is 0.159. The van der Waals surface area contributed by atoms with E-state index in [1.54, 1.807) is 30.6 Å². The Bertz CT molecular complexity index is 1650. The second-order valence-corrected chi connectivity index (χ2v) is 14.5. The summed E-state index contributed by atoms with van der Waals surface area (Å²) in [7, 11) is -3.83. The van der Waals surface area contributed by atoms with Crippen LogP contribution in [-0.4, -0.2) is 79.1 Å². The fourth-order valence-corrected chi connectivity index (χ4v) is 10.3. The van der Waals surface area contributed by atoms with Crippen molar-refractivity contribution in [2.45, 2.75) is 61.7 Å².